The number of amides is 2. The van der Waals surface area contributed by atoms with Gasteiger partial charge in [0.1, 0.15) is 0 Å². The van der Waals surface area contributed by atoms with Crippen molar-refractivity contribution in [2.75, 3.05) is 13.7 Å². The van der Waals surface area contributed by atoms with E-state index in [1.165, 1.54) is 25.3 Å². The number of halogens is 2. The molecular formula is C18H18F2N2O4. The van der Waals surface area contributed by atoms with Crippen molar-refractivity contribution in [1.29, 1.82) is 0 Å². The maximum atomic E-state index is 12.3. The van der Waals surface area contributed by atoms with E-state index in [0.717, 1.165) is 5.56 Å². The van der Waals surface area contributed by atoms with Crippen molar-refractivity contribution in [3.8, 4) is 11.5 Å². The number of benzene rings is 2. The first-order chi connectivity index (χ1) is 12.5. The first-order valence-corrected chi connectivity index (χ1v) is 7.71. The fourth-order valence-corrected chi connectivity index (χ4v) is 2.12. The van der Waals surface area contributed by atoms with Gasteiger partial charge in [0.25, 0.3) is 5.91 Å². The third-order valence-corrected chi connectivity index (χ3v) is 3.38. The van der Waals surface area contributed by atoms with Crippen LogP contribution in [0.25, 0.3) is 0 Å². The van der Waals surface area contributed by atoms with E-state index >= 15 is 0 Å². The second-order valence-corrected chi connectivity index (χ2v) is 5.19. The minimum absolute atomic E-state index is 0.00789. The van der Waals surface area contributed by atoms with Crippen LogP contribution < -0.4 is 20.1 Å². The Morgan fingerprint density at radius 2 is 1.77 bits per heavy atom. The molecule has 0 aliphatic rings. The molecule has 0 radical (unpaired) electrons. The Hall–Kier alpha value is -3.16. The Balaban J connectivity index is 1.87. The summed E-state index contributed by atoms with van der Waals surface area (Å²) < 4.78 is 33.8. The lowest BCUT2D eigenvalue weighted by Gasteiger charge is -2.11. The molecule has 0 aliphatic heterocycles. The largest absolute Gasteiger partial charge is 0.493 e. The summed E-state index contributed by atoms with van der Waals surface area (Å²) in [5.74, 6) is -1.08. The number of nitrogens with one attached hydrogen (secondary N) is 2. The number of carbonyl (C=O) groups is 2. The second kappa shape index (κ2) is 9.36. The summed E-state index contributed by atoms with van der Waals surface area (Å²) in [7, 11) is 1.27. The minimum atomic E-state index is -3.00. The number of ether oxygens (including phenoxy) is 2. The molecule has 2 aromatic carbocycles. The highest BCUT2D eigenvalue weighted by Crippen LogP contribution is 2.29. The first kappa shape index (κ1) is 19.2. The molecule has 2 N–H and O–H groups in total. The van der Waals surface area contributed by atoms with Gasteiger partial charge < -0.3 is 20.1 Å². The molecule has 0 saturated carbocycles. The average molecular weight is 364 g/mol. The highest BCUT2D eigenvalue weighted by molar-refractivity contribution is 5.97. The van der Waals surface area contributed by atoms with E-state index in [9.17, 15) is 18.4 Å². The molecule has 0 spiro atoms. The molecule has 2 rings (SSSR count). The van der Waals surface area contributed by atoms with Crippen LogP contribution in [0, 0.1) is 0 Å². The number of hydrogen-bond acceptors (Lipinski definition) is 4. The van der Waals surface area contributed by atoms with Crippen LogP contribution in [0.2, 0.25) is 0 Å². The molecule has 138 valence electrons. The van der Waals surface area contributed by atoms with Crippen LogP contribution in [-0.2, 0) is 11.3 Å². The fourth-order valence-electron chi connectivity index (χ4n) is 2.12. The van der Waals surface area contributed by atoms with Crippen molar-refractivity contribution < 1.29 is 27.8 Å². The van der Waals surface area contributed by atoms with Crippen LogP contribution >= 0.6 is 0 Å². The zero-order chi connectivity index (χ0) is 18.9. The van der Waals surface area contributed by atoms with E-state index in [2.05, 4.69) is 15.4 Å². The SMILES string of the molecule is COc1cc(C(=O)NCC(=O)NCc2ccccc2)ccc1OC(F)F. The van der Waals surface area contributed by atoms with Gasteiger partial charge in [0, 0.05) is 12.1 Å². The third-order valence-electron chi connectivity index (χ3n) is 3.38. The van der Waals surface area contributed by atoms with Crippen molar-refractivity contribution in [3.05, 3.63) is 59.7 Å². The molecule has 2 amide bonds. The molecule has 0 heterocycles. The maximum Gasteiger partial charge on any atom is 0.387 e. The highest BCUT2D eigenvalue weighted by Gasteiger charge is 2.14. The summed E-state index contributed by atoms with van der Waals surface area (Å²) in [6.45, 7) is -2.87. The van der Waals surface area contributed by atoms with E-state index in [0.29, 0.717) is 6.54 Å². The molecule has 26 heavy (non-hydrogen) atoms. The topological polar surface area (TPSA) is 76.7 Å². The number of alkyl halides is 2. The van der Waals surface area contributed by atoms with E-state index < -0.39 is 12.5 Å². The van der Waals surface area contributed by atoms with Gasteiger partial charge in [-0.1, -0.05) is 30.3 Å². The lowest BCUT2D eigenvalue weighted by Crippen LogP contribution is -2.36. The monoisotopic (exact) mass is 364 g/mol. The van der Waals surface area contributed by atoms with E-state index in [1.54, 1.807) is 0 Å². The zero-order valence-corrected chi connectivity index (χ0v) is 14.0. The Bertz CT molecular complexity index is 754. The van der Waals surface area contributed by atoms with E-state index in [-0.39, 0.29) is 29.5 Å². The van der Waals surface area contributed by atoms with E-state index in [4.69, 9.17) is 4.74 Å². The lowest BCUT2D eigenvalue weighted by atomic mass is 10.2. The Morgan fingerprint density at radius 1 is 1.04 bits per heavy atom. The van der Waals surface area contributed by atoms with E-state index in [1.807, 2.05) is 30.3 Å². The molecular weight excluding hydrogens is 346 g/mol. The van der Waals surface area contributed by atoms with Crippen molar-refractivity contribution >= 4 is 11.8 Å². The summed E-state index contributed by atoms with van der Waals surface area (Å²) in [6.07, 6.45) is 0. The summed E-state index contributed by atoms with van der Waals surface area (Å²) in [5.41, 5.74) is 1.09. The summed E-state index contributed by atoms with van der Waals surface area (Å²) in [5, 5.41) is 5.13. The number of hydrogen-bond donors (Lipinski definition) is 2. The summed E-state index contributed by atoms with van der Waals surface area (Å²) >= 11 is 0. The van der Waals surface area contributed by atoms with Gasteiger partial charge in [-0.25, -0.2) is 0 Å². The second-order valence-electron chi connectivity index (χ2n) is 5.19. The standard InChI is InChI=1S/C18H18F2N2O4/c1-25-15-9-13(7-8-14(15)26-18(19)20)17(24)22-11-16(23)21-10-12-5-3-2-4-6-12/h2-9,18H,10-11H2,1H3,(H,21,23)(H,22,24). The molecule has 0 bridgehead atoms. The first-order valence-electron chi connectivity index (χ1n) is 7.71. The van der Waals surface area contributed by atoms with Gasteiger partial charge in [0.05, 0.1) is 13.7 Å². The van der Waals surface area contributed by atoms with Gasteiger partial charge in [-0.3, -0.25) is 9.59 Å². The number of rotatable bonds is 8. The Morgan fingerprint density at radius 3 is 2.42 bits per heavy atom. The van der Waals surface area contributed by atoms with Crippen LogP contribution in [0.4, 0.5) is 8.78 Å². The third kappa shape index (κ3) is 5.73. The quantitative estimate of drug-likeness (QED) is 0.754. The summed E-state index contributed by atoms with van der Waals surface area (Å²) in [6, 6.07) is 13.1. The summed E-state index contributed by atoms with van der Waals surface area (Å²) in [4.78, 5) is 23.9. The molecule has 0 aromatic heterocycles. The lowest BCUT2D eigenvalue weighted by molar-refractivity contribution is -0.120. The average Bonchev–Trinajstić information content (AvgIpc) is 2.65. The van der Waals surface area contributed by atoms with Crippen molar-refractivity contribution in [2.24, 2.45) is 0 Å². The van der Waals surface area contributed by atoms with Crippen molar-refractivity contribution in [3.63, 3.8) is 0 Å². The maximum absolute atomic E-state index is 12.3. The molecule has 0 saturated heterocycles. The van der Waals surface area contributed by atoms with Crippen LogP contribution in [0.15, 0.2) is 48.5 Å². The van der Waals surface area contributed by atoms with Gasteiger partial charge >= 0.3 is 6.61 Å². The smallest absolute Gasteiger partial charge is 0.387 e. The number of methoxy groups -OCH3 is 1. The molecule has 6 nitrogen and oxygen atoms in total. The highest BCUT2D eigenvalue weighted by atomic mass is 19.3. The Kier molecular flexibility index (Phi) is 6.90. The molecule has 0 aliphatic carbocycles. The Labute approximate surface area is 149 Å². The van der Waals surface area contributed by atoms with Gasteiger partial charge in [-0.05, 0) is 23.8 Å². The van der Waals surface area contributed by atoms with Crippen molar-refractivity contribution in [1.82, 2.24) is 10.6 Å². The zero-order valence-electron chi connectivity index (χ0n) is 14.0. The van der Waals surface area contributed by atoms with Gasteiger partial charge in [0.15, 0.2) is 11.5 Å². The van der Waals surface area contributed by atoms with Gasteiger partial charge in [-0.15, -0.1) is 0 Å². The molecule has 0 fully saturated rings. The van der Waals surface area contributed by atoms with Crippen molar-refractivity contribution in [2.45, 2.75) is 13.2 Å². The molecule has 8 heteroatoms. The van der Waals surface area contributed by atoms with Crippen LogP contribution in [0.1, 0.15) is 15.9 Å². The predicted molar refractivity (Wildman–Crippen MR) is 90.2 cm³/mol. The van der Waals surface area contributed by atoms with Crippen LogP contribution in [-0.4, -0.2) is 32.1 Å². The number of carbonyl (C=O) groups excluding carboxylic acids is 2. The predicted octanol–water partition coefficient (Wildman–Crippen LogP) is 2.34. The molecule has 0 atom stereocenters. The normalized spacial score (nSPS) is 10.3. The van der Waals surface area contributed by atoms with Crippen LogP contribution in [0.3, 0.4) is 0 Å². The minimum Gasteiger partial charge on any atom is -0.493 e. The molecule has 0 unspecified atom stereocenters. The van der Waals surface area contributed by atoms with Gasteiger partial charge in [-0.2, -0.15) is 8.78 Å². The van der Waals surface area contributed by atoms with Gasteiger partial charge in [0.2, 0.25) is 5.91 Å². The van der Waals surface area contributed by atoms with Crippen LogP contribution in [0.5, 0.6) is 11.5 Å². The fraction of sp³-hybridized carbons (Fsp3) is 0.222. The molecule has 2 aromatic rings.